The first-order valence-electron chi connectivity index (χ1n) is 10.2. The molecule has 0 saturated carbocycles. The summed E-state index contributed by atoms with van der Waals surface area (Å²) >= 11 is 0. The first-order valence-corrected chi connectivity index (χ1v) is 11.6. The van der Waals surface area contributed by atoms with Crippen molar-refractivity contribution in [3.05, 3.63) is 24.3 Å². The van der Waals surface area contributed by atoms with Crippen LogP contribution in [0.15, 0.2) is 24.3 Å². The molecule has 1 unspecified atom stereocenters. The molecule has 1 aromatic rings. The third kappa shape index (κ3) is 6.32. The molecule has 0 aromatic heterocycles. The number of nitrogens with zero attached hydrogens (tertiary/aromatic N) is 2. The maximum absolute atomic E-state index is 13.3. The van der Waals surface area contributed by atoms with Crippen LogP contribution in [-0.4, -0.2) is 65.1 Å². The van der Waals surface area contributed by atoms with Crippen molar-refractivity contribution < 1.29 is 22.7 Å². The van der Waals surface area contributed by atoms with Crippen molar-refractivity contribution >= 4 is 21.8 Å². The molecule has 1 aliphatic heterocycles. The number of methoxy groups -OCH3 is 1. The second-order valence-electron chi connectivity index (χ2n) is 6.93. The number of benzene rings is 1. The summed E-state index contributed by atoms with van der Waals surface area (Å²) in [5.74, 6) is 0.276. The minimum Gasteiger partial charge on any atom is -0.494 e. The summed E-state index contributed by atoms with van der Waals surface area (Å²) in [6.07, 6.45) is 2.09. The highest BCUT2D eigenvalue weighted by Crippen LogP contribution is 2.26. The summed E-state index contributed by atoms with van der Waals surface area (Å²) in [4.78, 5) is 12.4. The van der Waals surface area contributed by atoms with Gasteiger partial charge >= 0.3 is 10.2 Å². The van der Waals surface area contributed by atoms with Gasteiger partial charge in [-0.2, -0.15) is 12.7 Å². The van der Waals surface area contributed by atoms with Crippen molar-refractivity contribution in [2.75, 3.05) is 50.8 Å². The minimum absolute atomic E-state index is 0.0925. The lowest BCUT2D eigenvalue weighted by molar-refractivity contribution is -0.126. The van der Waals surface area contributed by atoms with E-state index in [9.17, 15) is 13.2 Å². The number of anilines is 1. The largest absolute Gasteiger partial charge is 0.494 e. The van der Waals surface area contributed by atoms with Crippen LogP contribution in [0.3, 0.4) is 0 Å². The normalized spacial score (nSPS) is 17.7. The van der Waals surface area contributed by atoms with Crippen molar-refractivity contribution in [3.8, 4) is 5.75 Å². The monoisotopic (exact) mass is 427 g/mol. The van der Waals surface area contributed by atoms with Crippen LogP contribution >= 0.6 is 0 Å². The van der Waals surface area contributed by atoms with Crippen LogP contribution in [0.25, 0.3) is 0 Å². The molecule has 0 radical (unpaired) electrons. The Bertz CT molecular complexity index is 739. The Labute approximate surface area is 174 Å². The Kier molecular flexibility index (Phi) is 9.19. The molecule has 1 aliphatic rings. The van der Waals surface area contributed by atoms with E-state index in [2.05, 4.69) is 5.32 Å². The highest BCUT2D eigenvalue weighted by atomic mass is 32.2. The van der Waals surface area contributed by atoms with E-state index in [-0.39, 0.29) is 18.4 Å². The predicted molar refractivity (Wildman–Crippen MR) is 113 cm³/mol. The fourth-order valence-electron chi connectivity index (χ4n) is 3.43. The number of amides is 1. The molecule has 1 amide bonds. The molecule has 1 N–H and O–H groups in total. The van der Waals surface area contributed by atoms with E-state index in [1.807, 2.05) is 6.92 Å². The van der Waals surface area contributed by atoms with Crippen molar-refractivity contribution in [2.45, 2.75) is 33.1 Å². The minimum atomic E-state index is -3.72. The number of piperidine rings is 1. The number of rotatable bonds is 11. The summed E-state index contributed by atoms with van der Waals surface area (Å²) in [6.45, 7) is 6.30. The van der Waals surface area contributed by atoms with Crippen LogP contribution < -0.4 is 14.4 Å². The molecule has 29 heavy (non-hydrogen) atoms. The van der Waals surface area contributed by atoms with Gasteiger partial charge in [0, 0.05) is 39.9 Å². The van der Waals surface area contributed by atoms with E-state index < -0.39 is 10.2 Å². The van der Waals surface area contributed by atoms with Crippen LogP contribution in [0.5, 0.6) is 5.75 Å². The first kappa shape index (κ1) is 23.4. The van der Waals surface area contributed by atoms with Crippen molar-refractivity contribution in [1.82, 2.24) is 9.62 Å². The lowest BCUT2D eigenvalue weighted by Gasteiger charge is -2.35. The number of carbonyl (C=O) groups excluding carboxylic acids is 1. The maximum atomic E-state index is 13.3. The van der Waals surface area contributed by atoms with Gasteiger partial charge in [0.25, 0.3) is 0 Å². The van der Waals surface area contributed by atoms with Crippen LogP contribution in [0, 0.1) is 5.92 Å². The summed E-state index contributed by atoms with van der Waals surface area (Å²) in [5, 5.41) is 2.88. The van der Waals surface area contributed by atoms with E-state index in [0.29, 0.717) is 57.1 Å². The molecule has 8 nitrogen and oxygen atoms in total. The Morgan fingerprint density at radius 1 is 1.28 bits per heavy atom. The highest BCUT2D eigenvalue weighted by Gasteiger charge is 2.35. The van der Waals surface area contributed by atoms with E-state index in [0.717, 1.165) is 6.42 Å². The average Bonchev–Trinajstić information content (AvgIpc) is 2.73. The van der Waals surface area contributed by atoms with Crippen LogP contribution in [0.1, 0.15) is 33.1 Å². The molecular formula is C20H33N3O5S. The van der Waals surface area contributed by atoms with Gasteiger partial charge in [0.2, 0.25) is 5.91 Å². The highest BCUT2D eigenvalue weighted by molar-refractivity contribution is 7.90. The molecule has 1 atom stereocenters. The van der Waals surface area contributed by atoms with E-state index >= 15 is 0 Å². The molecule has 0 spiro atoms. The fourth-order valence-corrected chi connectivity index (χ4v) is 5.15. The second-order valence-corrected chi connectivity index (χ2v) is 8.79. The van der Waals surface area contributed by atoms with Gasteiger partial charge in [0.15, 0.2) is 0 Å². The van der Waals surface area contributed by atoms with Gasteiger partial charge in [-0.1, -0.05) is 0 Å². The zero-order chi connectivity index (χ0) is 21.3. The number of hydrogen-bond acceptors (Lipinski definition) is 5. The molecule has 1 saturated heterocycles. The topological polar surface area (TPSA) is 88.2 Å². The van der Waals surface area contributed by atoms with Crippen LogP contribution in [0.4, 0.5) is 5.69 Å². The van der Waals surface area contributed by atoms with Crippen LogP contribution in [-0.2, 0) is 19.7 Å². The van der Waals surface area contributed by atoms with E-state index in [1.165, 1.54) is 8.61 Å². The molecule has 1 heterocycles. The van der Waals surface area contributed by atoms with Gasteiger partial charge in [-0.3, -0.25) is 9.10 Å². The van der Waals surface area contributed by atoms with Gasteiger partial charge in [-0.15, -0.1) is 0 Å². The molecule has 9 heteroatoms. The van der Waals surface area contributed by atoms with Gasteiger partial charge in [-0.05, 0) is 57.4 Å². The fraction of sp³-hybridized carbons (Fsp3) is 0.650. The summed E-state index contributed by atoms with van der Waals surface area (Å²) in [5.41, 5.74) is 0.585. The molecule has 0 bridgehead atoms. The van der Waals surface area contributed by atoms with Gasteiger partial charge in [0.05, 0.1) is 18.2 Å². The molecule has 1 aromatic carbocycles. The average molecular weight is 428 g/mol. The quantitative estimate of drug-likeness (QED) is 0.546. The number of hydrogen-bond donors (Lipinski definition) is 1. The summed E-state index contributed by atoms with van der Waals surface area (Å²) < 4.78 is 39.8. The Morgan fingerprint density at radius 3 is 2.62 bits per heavy atom. The second kappa shape index (κ2) is 11.4. The number of ether oxygens (including phenoxy) is 2. The Balaban J connectivity index is 2.06. The smallest absolute Gasteiger partial charge is 0.304 e. The molecule has 1 fully saturated rings. The van der Waals surface area contributed by atoms with Gasteiger partial charge in [-0.25, -0.2) is 0 Å². The third-order valence-corrected chi connectivity index (χ3v) is 6.92. The van der Waals surface area contributed by atoms with Crippen molar-refractivity contribution in [1.29, 1.82) is 0 Å². The zero-order valence-electron chi connectivity index (χ0n) is 17.6. The van der Waals surface area contributed by atoms with Crippen molar-refractivity contribution in [3.63, 3.8) is 0 Å². The maximum Gasteiger partial charge on any atom is 0.304 e. The van der Waals surface area contributed by atoms with Gasteiger partial charge in [0.1, 0.15) is 5.75 Å². The SMILES string of the molecule is CCOc1ccc(N(CC)S(=O)(=O)N2CCCC(C(=O)NCCCOC)C2)cc1. The Hall–Kier alpha value is -1.84. The molecule has 2 rings (SSSR count). The lowest BCUT2D eigenvalue weighted by atomic mass is 9.99. The summed E-state index contributed by atoms with van der Waals surface area (Å²) in [7, 11) is -2.10. The zero-order valence-corrected chi connectivity index (χ0v) is 18.4. The molecule has 0 aliphatic carbocycles. The number of carbonyl (C=O) groups is 1. The van der Waals surface area contributed by atoms with E-state index in [1.54, 1.807) is 38.3 Å². The number of nitrogens with one attached hydrogen (secondary N) is 1. The van der Waals surface area contributed by atoms with Crippen molar-refractivity contribution in [2.24, 2.45) is 5.92 Å². The predicted octanol–water partition coefficient (Wildman–Crippen LogP) is 2.02. The molecular weight excluding hydrogens is 394 g/mol. The molecule has 164 valence electrons. The lowest BCUT2D eigenvalue weighted by Crippen LogP contribution is -2.50. The van der Waals surface area contributed by atoms with Crippen LogP contribution in [0.2, 0.25) is 0 Å². The standard InChI is InChI=1S/C20H33N3O5S/c1-4-23(18-9-11-19(12-10-18)28-5-2)29(25,26)22-14-6-8-17(16-22)20(24)21-13-7-15-27-3/h9-12,17H,4-8,13-16H2,1-3H3,(H,21,24). The summed E-state index contributed by atoms with van der Waals surface area (Å²) in [6, 6.07) is 7.03. The first-order chi connectivity index (χ1) is 13.9. The Morgan fingerprint density at radius 2 is 2.00 bits per heavy atom. The van der Waals surface area contributed by atoms with E-state index in [4.69, 9.17) is 9.47 Å². The van der Waals surface area contributed by atoms with Gasteiger partial charge < -0.3 is 14.8 Å². The third-order valence-electron chi connectivity index (χ3n) is 4.91.